The summed E-state index contributed by atoms with van der Waals surface area (Å²) in [6.07, 6.45) is 4.11. The van der Waals surface area contributed by atoms with Crippen molar-refractivity contribution in [3.05, 3.63) is 62.8 Å². The van der Waals surface area contributed by atoms with Crippen LogP contribution >= 0.6 is 0 Å². The average Bonchev–Trinajstić information content (AvgIpc) is 2.60. The molecule has 1 heterocycles. The summed E-state index contributed by atoms with van der Waals surface area (Å²) in [5, 5.41) is 20.4. The summed E-state index contributed by atoms with van der Waals surface area (Å²) in [4.78, 5) is 29.1. The van der Waals surface area contributed by atoms with Gasteiger partial charge < -0.3 is 10.2 Å². The summed E-state index contributed by atoms with van der Waals surface area (Å²) >= 11 is 0. The number of rotatable bonds is 7. The molecule has 0 bridgehead atoms. The summed E-state index contributed by atoms with van der Waals surface area (Å²) in [5.41, 5.74) is -0.226. The average molecular weight is 357 g/mol. The van der Waals surface area contributed by atoms with Gasteiger partial charge in [-0.25, -0.2) is 4.79 Å². The molecule has 1 aromatic carbocycles. The number of phenolic OH excluding ortho intramolecular Hbond substituents is 1. The van der Waals surface area contributed by atoms with Crippen molar-refractivity contribution in [1.82, 2.24) is 9.13 Å². The molecule has 0 unspecified atom stereocenters. The Balaban J connectivity index is 2.61. The summed E-state index contributed by atoms with van der Waals surface area (Å²) < 4.78 is 2.16. The normalized spacial score (nSPS) is 11.2. The number of aryl methyl sites for hydroxylation is 1. The lowest BCUT2D eigenvalue weighted by atomic mass is 10.2. The largest absolute Gasteiger partial charge is 0.506 e. The number of phenols is 1. The Kier molecular flexibility index (Phi) is 6.16. The van der Waals surface area contributed by atoms with Gasteiger partial charge in [0, 0.05) is 19.3 Å². The van der Waals surface area contributed by atoms with E-state index in [1.165, 1.54) is 12.3 Å². The third-order valence-corrected chi connectivity index (χ3v) is 3.94. The molecule has 7 heteroatoms. The summed E-state index contributed by atoms with van der Waals surface area (Å²) in [5.74, 6) is -0.462. The highest BCUT2D eigenvalue weighted by atomic mass is 16.3. The predicted octanol–water partition coefficient (Wildman–Crippen LogP) is 2.47. The van der Waals surface area contributed by atoms with Crippen molar-refractivity contribution in [2.45, 2.75) is 39.8 Å². The molecule has 0 radical (unpaired) electrons. The van der Waals surface area contributed by atoms with Crippen LogP contribution < -0.4 is 11.2 Å². The van der Waals surface area contributed by atoms with Gasteiger partial charge in [0.25, 0.3) is 5.56 Å². The second-order valence-corrected chi connectivity index (χ2v) is 5.98. The van der Waals surface area contributed by atoms with Crippen molar-refractivity contribution >= 4 is 11.9 Å². The summed E-state index contributed by atoms with van der Waals surface area (Å²) in [6, 6.07) is 4.92. The van der Waals surface area contributed by atoms with Gasteiger partial charge in [-0.2, -0.15) is 0 Å². The van der Waals surface area contributed by atoms with E-state index in [2.05, 4.69) is 11.6 Å². The van der Waals surface area contributed by atoms with E-state index in [4.69, 9.17) is 0 Å². The summed E-state index contributed by atoms with van der Waals surface area (Å²) in [6.45, 7) is 7.67. The van der Waals surface area contributed by atoms with Crippen molar-refractivity contribution in [2.75, 3.05) is 0 Å². The standard InChI is InChI=1S/C19H23N3O4/c1-4-6-10-22-18(25)14(17(24)21(9-5-2)19(22)26)12-20-15-8-7-13(3)11-16(15)23/h5,7-8,11-12,23,25H,2,4,6,9-10H2,1,3H3. The van der Waals surface area contributed by atoms with Crippen LogP contribution in [-0.4, -0.2) is 25.6 Å². The first-order valence-electron chi connectivity index (χ1n) is 8.41. The molecule has 2 rings (SSSR count). The Bertz CT molecular complexity index is 954. The number of aromatic hydroxyl groups is 2. The number of unbranched alkanes of at least 4 members (excludes halogenated alkanes) is 1. The van der Waals surface area contributed by atoms with Crippen molar-refractivity contribution < 1.29 is 10.2 Å². The Hall–Kier alpha value is -3.09. The molecule has 0 saturated carbocycles. The zero-order chi connectivity index (χ0) is 19.3. The van der Waals surface area contributed by atoms with Crippen LogP contribution in [0.5, 0.6) is 11.6 Å². The molecule has 0 spiro atoms. The van der Waals surface area contributed by atoms with Crippen molar-refractivity contribution in [1.29, 1.82) is 0 Å². The molecule has 0 saturated heterocycles. The molecular weight excluding hydrogens is 334 g/mol. The molecular formula is C19H23N3O4. The van der Waals surface area contributed by atoms with Gasteiger partial charge in [0.05, 0.1) is 0 Å². The number of hydrogen-bond acceptors (Lipinski definition) is 5. The number of nitrogens with zero attached hydrogens (tertiary/aromatic N) is 3. The number of hydrogen-bond donors (Lipinski definition) is 2. The smallest absolute Gasteiger partial charge is 0.334 e. The van der Waals surface area contributed by atoms with E-state index in [1.54, 1.807) is 18.2 Å². The SMILES string of the molecule is C=CCn1c(=O)c(C=Nc2ccc(C)cc2O)c(O)n(CCCC)c1=O. The minimum atomic E-state index is -0.657. The van der Waals surface area contributed by atoms with Crippen LogP contribution in [-0.2, 0) is 13.1 Å². The zero-order valence-corrected chi connectivity index (χ0v) is 15.0. The lowest BCUT2D eigenvalue weighted by Crippen LogP contribution is -2.41. The van der Waals surface area contributed by atoms with Crippen molar-refractivity contribution in [3.63, 3.8) is 0 Å². The Morgan fingerprint density at radius 1 is 1.23 bits per heavy atom. The molecule has 0 atom stereocenters. The maximum atomic E-state index is 12.6. The van der Waals surface area contributed by atoms with Crippen LogP contribution in [0.3, 0.4) is 0 Å². The quantitative estimate of drug-likeness (QED) is 0.588. The van der Waals surface area contributed by atoms with Crippen LogP contribution in [0.2, 0.25) is 0 Å². The van der Waals surface area contributed by atoms with Gasteiger partial charge in [-0.1, -0.05) is 25.5 Å². The highest BCUT2D eigenvalue weighted by molar-refractivity contribution is 5.84. The van der Waals surface area contributed by atoms with Gasteiger partial charge in [0.15, 0.2) is 0 Å². The van der Waals surface area contributed by atoms with E-state index in [1.807, 2.05) is 13.8 Å². The highest BCUT2D eigenvalue weighted by Gasteiger charge is 2.16. The number of aromatic nitrogens is 2. The minimum Gasteiger partial charge on any atom is -0.506 e. The Morgan fingerprint density at radius 3 is 2.58 bits per heavy atom. The van der Waals surface area contributed by atoms with E-state index in [9.17, 15) is 19.8 Å². The highest BCUT2D eigenvalue weighted by Crippen LogP contribution is 2.26. The molecule has 7 nitrogen and oxygen atoms in total. The first-order chi connectivity index (χ1) is 12.4. The van der Waals surface area contributed by atoms with Crippen LogP contribution in [0.1, 0.15) is 30.9 Å². The first-order valence-corrected chi connectivity index (χ1v) is 8.41. The van der Waals surface area contributed by atoms with Gasteiger partial charge in [-0.3, -0.25) is 18.9 Å². The van der Waals surface area contributed by atoms with Crippen LogP contribution in [0.25, 0.3) is 0 Å². The maximum Gasteiger partial charge on any atom is 0.334 e. The number of allylic oxidation sites excluding steroid dienone is 1. The van der Waals surface area contributed by atoms with E-state index < -0.39 is 17.1 Å². The Labute approximate surface area is 151 Å². The molecule has 26 heavy (non-hydrogen) atoms. The molecule has 138 valence electrons. The molecule has 0 aliphatic rings. The van der Waals surface area contributed by atoms with Crippen LogP contribution in [0.4, 0.5) is 5.69 Å². The van der Waals surface area contributed by atoms with E-state index in [-0.39, 0.29) is 30.1 Å². The molecule has 0 aliphatic heterocycles. The predicted molar refractivity (Wildman–Crippen MR) is 102 cm³/mol. The number of aliphatic imine (C=N–C) groups is 1. The fourth-order valence-electron chi connectivity index (χ4n) is 2.51. The van der Waals surface area contributed by atoms with Gasteiger partial charge >= 0.3 is 5.69 Å². The monoisotopic (exact) mass is 357 g/mol. The second-order valence-electron chi connectivity index (χ2n) is 5.98. The molecule has 2 aromatic rings. The van der Waals surface area contributed by atoms with Crippen LogP contribution in [0.15, 0.2) is 45.4 Å². The third-order valence-electron chi connectivity index (χ3n) is 3.94. The lowest BCUT2D eigenvalue weighted by molar-refractivity contribution is 0.385. The minimum absolute atomic E-state index is 0.0285. The number of benzene rings is 1. The van der Waals surface area contributed by atoms with Gasteiger partial charge in [-0.15, -0.1) is 6.58 Å². The van der Waals surface area contributed by atoms with Crippen molar-refractivity contribution in [3.8, 4) is 11.6 Å². The third kappa shape index (κ3) is 3.93. The molecule has 1 aromatic heterocycles. The topological polar surface area (TPSA) is 96.8 Å². The second kappa shape index (κ2) is 8.33. The molecule has 0 amide bonds. The molecule has 0 aliphatic carbocycles. The van der Waals surface area contributed by atoms with E-state index in [0.29, 0.717) is 6.42 Å². The first kappa shape index (κ1) is 19.2. The van der Waals surface area contributed by atoms with E-state index >= 15 is 0 Å². The molecule has 0 fully saturated rings. The molecule has 2 N–H and O–H groups in total. The van der Waals surface area contributed by atoms with Crippen molar-refractivity contribution in [2.24, 2.45) is 4.99 Å². The van der Waals surface area contributed by atoms with Gasteiger partial charge in [0.1, 0.15) is 17.0 Å². The zero-order valence-electron chi connectivity index (χ0n) is 15.0. The van der Waals surface area contributed by atoms with Gasteiger partial charge in [-0.05, 0) is 31.0 Å². The maximum absolute atomic E-state index is 12.6. The van der Waals surface area contributed by atoms with E-state index in [0.717, 1.165) is 21.1 Å². The summed E-state index contributed by atoms with van der Waals surface area (Å²) in [7, 11) is 0. The fourth-order valence-corrected chi connectivity index (χ4v) is 2.51. The fraction of sp³-hybridized carbons (Fsp3) is 0.316. The lowest BCUT2D eigenvalue weighted by Gasteiger charge is -2.13. The van der Waals surface area contributed by atoms with Crippen LogP contribution in [0, 0.1) is 6.92 Å². The van der Waals surface area contributed by atoms with Gasteiger partial charge in [0.2, 0.25) is 5.88 Å². The Morgan fingerprint density at radius 2 is 1.96 bits per heavy atom.